The van der Waals surface area contributed by atoms with Gasteiger partial charge < -0.3 is 15.0 Å². The number of carbonyl (C=O) groups excluding carboxylic acids is 1. The molecule has 1 aliphatic heterocycles. The van der Waals surface area contributed by atoms with Crippen molar-refractivity contribution in [2.45, 2.75) is 32.2 Å². The highest BCUT2D eigenvalue weighted by atomic mass is 35.5. The number of hydrogen-bond donors (Lipinski definition) is 1. The van der Waals surface area contributed by atoms with E-state index in [9.17, 15) is 18.0 Å². The summed E-state index contributed by atoms with van der Waals surface area (Å²) >= 11 is 5.92. The summed E-state index contributed by atoms with van der Waals surface area (Å²) in [6, 6.07) is 4.16. The average Bonchev–Trinajstić information content (AvgIpc) is 2.60. The van der Waals surface area contributed by atoms with Gasteiger partial charge in [0.05, 0.1) is 28.5 Å². The largest absolute Gasteiger partial charge is 0.419 e. The van der Waals surface area contributed by atoms with Gasteiger partial charge in [-0.25, -0.2) is 9.97 Å². The maximum Gasteiger partial charge on any atom is 0.419 e. The molecule has 1 aliphatic rings. The van der Waals surface area contributed by atoms with Gasteiger partial charge >= 0.3 is 6.18 Å². The number of amides is 1. The summed E-state index contributed by atoms with van der Waals surface area (Å²) in [4.78, 5) is 22.0. The minimum Gasteiger partial charge on any atom is -0.372 e. The van der Waals surface area contributed by atoms with Gasteiger partial charge in [-0.3, -0.25) is 4.79 Å². The van der Waals surface area contributed by atoms with Crippen LogP contribution in [0.1, 0.15) is 29.9 Å². The van der Waals surface area contributed by atoms with E-state index in [4.69, 9.17) is 16.3 Å². The summed E-state index contributed by atoms with van der Waals surface area (Å²) in [6.07, 6.45) is -2.83. The zero-order valence-corrected chi connectivity index (χ0v) is 15.9. The molecule has 1 N–H and O–H groups in total. The van der Waals surface area contributed by atoms with Crippen LogP contribution in [0, 0.1) is 0 Å². The number of aromatic nitrogens is 2. The van der Waals surface area contributed by atoms with E-state index in [2.05, 4.69) is 15.3 Å². The van der Waals surface area contributed by atoms with E-state index in [1.54, 1.807) is 0 Å². The molecule has 1 amide bonds. The van der Waals surface area contributed by atoms with Crippen molar-refractivity contribution in [2.75, 3.05) is 23.3 Å². The smallest absolute Gasteiger partial charge is 0.372 e. The lowest BCUT2D eigenvalue weighted by molar-refractivity contribution is -0.137. The lowest BCUT2D eigenvalue weighted by Crippen LogP contribution is -2.45. The molecule has 3 rings (SSSR count). The van der Waals surface area contributed by atoms with E-state index in [0.29, 0.717) is 18.9 Å². The molecule has 0 aromatic carbocycles. The number of alkyl halides is 3. The lowest BCUT2D eigenvalue weighted by atomic mass is 10.2. The Morgan fingerprint density at radius 1 is 1.29 bits per heavy atom. The normalized spacial score (nSPS) is 20.1. The summed E-state index contributed by atoms with van der Waals surface area (Å²) in [7, 11) is 0. The summed E-state index contributed by atoms with van der Waals surface area (Å²) in [6.45, 7) is 4.70. The molecule has 1 fully saturated rings. The van der Waals surface area contributed by atoms with Crippen LogP contribution in [-0.4, -0.2) is 41.2 Å². The van der Waals surface area contributed by atoms with Crippen molar-refractivity contribution >= 4 is 29.0 Å². The number of nitrogens with zero attached hydrogens (tertiary/aromatic N) is 3. The molecule has 0 radical (unpaired) electrons. The quantitative estimate of drug-likeness (QED) is 0.821. The predicted molar refractivity (Wildman–Crippen MR) is 98.7 cm³/mol. The van der Waals surface area contributed by atoms with E-state index in [-0.39, 0.29) is 22.9 Å². The van der Waals surface area contributed by atoms with Crippen LogP contribution in [0.15, 0.2) is 30.6 Å². The Labute approximate surface area is 164 Å². The molecule has 2 aromatic heterocycles. The first-order chi connectivity index (χ1) is 13.1. The standard InChI is InChI=1S/C18H18ClF3N4O2/c1-10-8-26(9-11(2)28-10)15-6-14(12(7-24-15)18(20,21)22)25-17(27)16-13(19)4-3-5-23-16/h3-7,10-11H,8-9H2,1-2H3,(H,24,25,27)/t10-,11+. The molecular formula is C18H18ClF3N4O2. The van der Waals surface area contributed by atoms with Crippen LogP contribution in [0.4, 0.5) is 24.7 Å². The number of ether oxygens (including phenoxy) is 1. The third-order valence-corrected chi connectivity index (χ3v) is 4.47. The van der Waals surface area contributed by atoms with Crippen molar-refractivity contribution in [3.05, 3.63) is 46.9 Å². The number of rotatable bonds is 3. The van der Waals surface area contributed by atoms with Gasteiger partial charge in [0.2, 0.25) is 0 Å². The van der Waals surface area contributed by atoms with Crippen LogP contribution < -0.4 is 10.2 Å². The van der Waals surface area contributed by atoms with Crippen molar-refractivity contribution in [3.63, 3.8) is 0 Å². The number of nitrogens with one attached hydrogen (secondary N) is 1. The number of anilines is 2. The Hall–Kier alpha value is -2.39. The predicted octanol–water partition coefficient (Wildman–Crippen LogP) is 4.01. The first-order valence-corrected chi connectivity index (χ1v) is 8.92. The van der Waals surface area contributed by atoms with E-state index in [1.165, 1.54) is 24.4 Å². The summed E-state index contributed by atoms with van der Waals surface area (Å²) in [5, 5.41) is 2.31. The number of carbonyl (C=O) groups is 1. The molecule has 10 heteroatoms. The van der Waals surface area contributed by atoms with Gasteiger partial charge in [-0.15, -0.1) is 0 Å². The monoisotopic (exact) mass is 414 g/mol. The Bertz CT molecular complexity index is 868. The first-order valence-electron chi connectivity index (χ1n) is 8.54. The third-order valence-electron chi connectivity index (χ3n) is 4.16. The molecule has 1 saturated heterocycles. The number of halogens is 4. The zero-order valence-electron chi connectivity index (χ0n) is 15.1. The SMILES string of the molecule is C[C@@H]1CN(c2cc(NC(=O)c3ncccc3Cl)c(C(F)(F)F)cn2)C[C@H](C)O1. The number of hydrogen-bond acceptors (Lipinski definition) is 5. The van der Waals surface area contributed by atoms with Crippen LogP contribution in [-0.2, 0) is 10.9 Å². The second-order valence-electron chi connectivity index (χ2n) is 6.54. The Balaban J connectivity index is 1.95. The van der Waals surface area contributed by atoms with Crippen LogP contribution in [0.25, 0.3) is 0 Å². The molecule has 0 aliphatic carbocycles. The highest BCUT2D eigenvalue weighted by molar-refractivity contribution is 6.34. The Morgan fingerprint density at radius 2 is 1.96 bits per heavy atom. The summed E-state index contributed by atoms with van der Waals surface area (Å²) < 4.78 is 45.9. The average molecular weight is 415 g/mol. The fourth-order valence-corrected chi connectivity index (χ4v) is 3.25. The molecular weight excluding hydrogens is 397 g/mol. The van der Waals surface area contributed by atoms with Crippen LogP contribution in [0.2, 0.25) is 5.02 Å². The maximum atomic E-state index is 13.4. The molecule has 150 valence electrons. The molecule has 2 atom stereocenters. The molecule has 0 unspecified atom stereocenters. The van der Waals surface area contributed by atoms with Gasteiger partial charge in [-0.1, -0.05) is 11.6 Å². The lowest BCUT2D eigenvalue weighted by Gasteiger charge is -2.36. The molecule has 3 heterocycles. The highest BCUT2D eigenvalue weighted by Gasteiger charge is 2.35. The second kappa shape index (κ2) is 7.92. The number of pyridine rings is 2. The van der Waals surface area contributed by atoms with Gasteiger partial charge in [0.1, 0.15) is 11.5 Å². The van der Waals surface area contributed by atoms with Gasteiger partial charge in [0, 0.05) is 31.5 Å². The van der Waals surface area contributed by atoms with E-state index in [1.807, 2.05) is 18.7 Å². The Morgan fingerprint density at radius 3 is 2.57 bits per heavy atom. The minimum absolute atomic E-state index is 0.0404. The van der Waals surface area contributed by atoms with Crippen molar-refractivity contribution < 1.29 is 22.7 Å². The van der Waals surface area contributed by atoms with Crippen molar-refractivity contribution in [3.8, 4) is 0 Å². The fraction of sp³-hybridized carbons (Fsp3) is 0.389. The van der Waals surface area contributed by atoms with E-state index >= 15 is 0 Å². The molecule has 28 heavy (non-hydrogen) atoms. The van der Waals surface area contributed by atoms with Gasteiger partial charge in [0.25, 0.3) is 5.91 Å². The minimum atomic E-state index is -4.69. The van der Waals surface area contributed by atoms with Crippen molar-refractivity contribution in [1.29, 1.82) is 0 Å². The topological polar surface area (TPSA) is 67.4 Å². The highest BCUT2D eigenvalue weighted by Crippen LogP contribution is 2.36. The summed E-state index contributed by atoms with van der Waals surface area (Å²) in [5.74, 6) is -0.519. The van der Waals surface area contributed by atoms with E-state index in [0.717, 1.165) is 6.20 Å². The van der Waals surface area contributed by atoms with Crippen LogP contribution in [0.3, 0.4) is 0 Å². The fourth-order valence-electron chi connectivity index (χ4n) is 3.05. The third kappa shape index (κ3) is 4.53. The van der Waals surface area contributed by atoms with Gasteiger partial charge in [-0.2, -0.15) is 13.2 Å². The van der Waals surface area contributed by atoms with Crippen molar-refractivity contribution in [2.24, 2.45) is 0 Å². The Kier molecular flexibility index (Phi) is 5.76. The van der Waals surface area contributed by atoms with E-state index < -0.39 is 23.3 Å². The van der Waals surface area contributed by atoms with Crippen molar-refractivity contribution in [1.82, 2.24) is 9.97 Å². The second-order valence-corrected chi connectivity index (χ2v) is 6.94. The summed E-state index contributed by atoms with van der Waals surface area (Å²) in [5.41, 5.74) is -1.62. The van der Waals surface area contributed by atoms with Gasteiger partial charge in [0.15, 0.2) is 0 Å². The van der Waals surface area contributed by atoms with Crippen LogP contribution in [0.5, 0.6) is 0 Å². The molecule has 6 nitrogen and oxygen atoms in total. The molecule has 0 spiro atoms. The molecule has 0 saturated carbocycles. The van der Waals surface area contributed by atoms with Gasteiger partial charge in [-0.05, 0) is 26.0 Å². The molecule has 0 bridgehead atoms. The number of morpholine rings is 1. The first kappa shape index (κ1) is 20.3. The van der Waals surface area contributed by atoms with Crippen LogP contribution >= 0.6 is 11.6 Å². The maximum absolute atomic E-state index is 13.4. The zero-order chi connectivity index (χ0) is 20.5. The molecule has 2 aromatic rings.